The largest absolute Gasteiger partial charge is 0.490 e. The molecule has 5 aliphatic rings. The van der Waals surface area contributed by atoms with Gasteiger partial charge in [0.1, 0.15) is 11.4 Å². The van der Waals surface area contributed by atoms with Crippen LogP contribution in [0.4, 0.5) is 5.69 Å². The molecule has 1 N–H and O–H groups in total. The first-order chi connectivity index (χ1) is 25.5. The van der Waals surface area contributed by atoms with Crippen molar-refractivity contribution in [2.45, 2.75) is 68.6 Å². The summed E-state index contributed by atoms with van der Waals surface area (Å²) in [5.74, 6) is 5.19. The maximum atomic E-state index is 14.1. The Morgan fingerprint density at radius 2 is 1.87 bits per heavy atom. The van der Waals surface area contributed by atoms with Crippen molar-refractivity contribution in [1.29, 1.82) is 0 Å². The maximum absolute atomic E-state index is 14.1. The molecule has 1 spiro atoms. The average molecular weight is 767 g/mol. The summed E-state index contributed by atoms with van der Waals surface area (Å²) in [6, 6.07) is 12.0. The minimum Gasteiger partial charge on any atom is -0.490 e. The second kappa shape index (κ2) is 15.9. The Balaban J connectivity index is 1.27. The summed E-state index contributed by atoms with van der Waals surface area (Å²) in [5.41, 5.74) is 3.29. The van der Waals surface area contributed by atoms with E-state index < -0.39 is 15.3 Å². The van der Waals surface area contributed by atoms with Gasteiger partial charge in [-0.1, -0.05) is 36.7 Å². The van der Waals surface area contributed by atoms with Crippen molar-refractivity contribution in [3.05, 3.63) is 70.3 Å². The van der Waals surface area contributed by atoms with Gasteiger partial charge in [0.15, 0.2) is 0 Å². The summed E-state index contributed by atoms with van der Waals surface area (Å²) in [6.45, 7) is 12.7. The topological polar surface area (TPSA) is 83.6 Å². The van der Waals surface area contributed by atoms with Crippen molar-refractivity contribution in [2.75, 3.05) is 84.7 Å². The van der Waals surface area contributed by atoms with Crippen LogP contribution in [0.1, 0.15) is 67.4 Å². The predicted molar refractivity (Wildman–Crippen MR) is 216 cm³/mol. The molecule has 1 amide bonds. The van der Waals surface area contributed by atoms with E-state index >= 15 is 0 Å². The van der Waals surface area contributed by atoms with Gasteiger partial charge in [0, 0.05) is 87.8 Å². The normalized spacial score (nSPS) is 34.6. The van der Waals surface area contributed by atoms with Gasteiger partial charge in [-0.3, -0.25) is 19.3 Å². The molecule has 1 unspecified atom stereocenters. The summed E-state index contributed by atoms with van der Waals surface area (Å²) in [5, 5.41) is 0.431. The van der Waals surface area contributed by atoms with Gasteiger partial charge in [-0.2, -0.15) is 0 Å². The number of hydrogen-bond acceptors (Lipinski definition) is 8. The standard InChI is InChI=1S/C42H59ClN4O5S/c1-30-8-6-17-42(51-4,28-46-20-18-45(19-21-46)22-23-50-3)37-13-10-34(37)26-47-27-41(16-7-9-32-24-35(43)12-14-36(32)41)29-52-39-15-11-33(25-38(39)47)40(48)44-53(5,49)31(30)2/h6,11-12,14-15,17,24-25,30-31,34,37H,5,7-10,13,16,18-23,26-29H2,1-4H3,(H,44,48,49)/b17-6+/t30-,31+,34-,37+,41-,42-,53?/m0/s1. The lowest BCUT2D eigenvalue weighted by Gasteiger charge is -2.52. The molecule has 1 saturated carbocycles. The summed E-state index contributed by atoms with van der Waals surface area (Å²) >= 11 is 6.52. The van der Waals surface area contributed by atoms with Gasteiger partial charge in [0.05, 0.1) is 28.6 Å². The van der Waals surface area contributed by atoms with E-state index in [4.69, 9.17) is 25.8 Å². The van der Waals surface area contributed by atoms with Crippen LogP contribution in [-0.2, 0) is 31.0 Å². The van der Waals surface area contributed by atoms with Crippen molar-refractivity contribution in [3.8, 4) is 5.75 Å². The number of nitrogens with zero attached hydrogens (tertiary/aromatic N) is 3. The van der Waals surface area contributed by atoms with E-state index in [0.29, 0.717) is 30.4 Å². The van der Waals surface area contributed by atoms with Gasteiger partial charge in [-0.05, 0) is 111 Å². The van der Waals surface area contributed by atoms with Crippen LogP contribution in [0.15, 0.2) is 48.6 Å². The fourth-order valence-electron chi connectivity index (χ4n) is 9.65. The average Bonchev–Trinajstić information content (AvgIpc) is 3.28. The Kier molecular flexibility index (Phi) is 11.6. The number of fused-ring (bicyclic) bond motifs is 4. The van der Waals surface area contributed by atoms with Gasteiger partial charge < -0.3 is 19.1 Å². The second-order valence-electron chi connectivity index (χ2n) is 16.5. The Labute approximate surface area is 322 Å². The molecule has 2 fully saturated rings. The molecule has 0 aromatic heterocycles. The van der Waals surface area contributed by atoms with Crippen LogP contribution in [0.25, 0.3) is 0 Å². The highest BCUT2D eigenvalue weighted by atomic mass is 35.5. The summed E-state index contributed by atoms with van der Waals surface area (Å²) in [6.07, 6.45) is 10.6. The summed E-state index contributed by atoms with van der Waals surface area (Å²) in [7, 11) is 0.698. The first kappa shape index (κ1) is 38.7. The molecule has 2 aromatic carbocycles. The van der Waals surface area contributed by atoms with Crippen molar-refractivity contribution >= 4 is 38.8 Å². The zero-order valence-corrected chi connectivity index (χ0v) is 33.7. The lowest BCUT2D eigenvalue weighted by atomic mass is 9.63. The fraction of sp³-hybridized carbons (Fsp3) is 0.619. The lowest BCUT2D eigenvalue weighted by molar-refractivity contribution is -0.0957. The molecule has 7 atom stereocenters. The number of amides is 1. The molecule has 9 nitrogen and oxygen atoms in total. The van der Waals surface area contributed by atoms with Gasteiger partial charge in [0.2, 0.25) is 0 Å². The third-order valence-electron chi connectivity index (χ3n) is 13.3. The van der Waals surface area contributed by atoms with Crippen molar-refractivity contribution in [2.24, 2.45) is 17.8 Å². The third-order valence-corrected chi connectivity index (χ3v) is 15.7. The molecule has 11 heteroatoms. The Morgan fingerprint density at radius 1 is 1.08 bits per heavy atom. The number of aryl methyl sites for hydroxylation is 1. The van der Waals surface area contributed by atoms with E-state index in [1.807, 2.05) is 32.2 Å². The number of rotatable bonds is 6. The fourth-order valence-corrected chi connectivity index (χ4v) is 11.3. The molecule has 1 saturated heterocycles. The Bertz CT molecular complexity index is 1780. The van der Waals surface area contributed by atoms with Crippen LogP contribution in [0.5, 0.6) is 5.75 Å². The quantitative estimate of drug-likeness (QED) is 0.291. The number of nitrogens with one attached hydrogen (secondary N) is 1. The van der Waals surface area contributed by atoms with Crippen LogP contribution in [0.2, 0.25) is 5.02 Å². The number of hydrogen-bond donors (Lipinski definition) is 1. The molecule has 2 aliphatic carbocycles. The van der Waals surface area contributed by atoms with Crippen LogP contribution in [0.3, 0.4) is 0 Å². The molecule has 53 heavy (non-hydrogen) atoms. The second-order valence-corrected chi connectivity index (χ2v) is 19.3. The smallest absolute Gasteiger partial charge is 0.262 e. The van der Waals surface area contributed by atoms with Crippen molar-refractivity contribution in [1.82, 2.24) is 14.5 Å². The molecular weight excluding hydrogens is 708 g/mol. The molecular formula is C42H59ClN4O5S. The lowest BCUT2D eigenvalue weighted by Crippen LogP contribution is -2.59. The number of anilines is 1. The molecule has 2 bridgehead atoms. The summed E-state index contributed by atoms with van der Waals surface area (Å²) in [4.78, 5) is 21.4. The highest BCUT2D eigenvalue weighted by Gasteiger charge is 2.50. The van der Waals surface area contributed by atoms with Crippen molar-refractivity contribution in [3.63, 3.8) is 0 Å². The summed E-state index contributed by atoms with van der Waals surface area (Å²) < 4.78 is 35.7. The van der Waals surface area contributed by atoms with E-state index in [1.165, 1.54) is 11.1 Å². The number of piperazine rings is 1. The van der Waals surface area contributed by atoms with E-state index in [9.17, 15) is 9.00 Å². The van der Waals surface area contributed by atoms with Crippen LogP contribution in [0, 0.1) is 17.8 Å². The van der Waals surface area contributed by atoms with Crippen LogP contribution in [-0.4, -0.2) is 116 Å². The molecule has 3 heterocycles. The van der Waals surface area contributed by atoms with Gasteiger partial charge in [0.25, 0.3) is 5.91 Å². The molecule has 3 aliphatic heterocycles. The van der Waals surface area contributed by atoms with E-state index in [0.717, 1.165) is 108 Å². The molecule has 0 radical (unpaired) electrons. The van der Waals surface area contributed by atoms with Gasteiger partial charge in [-0.15, -0.1) is 0 Å². The monoisotopic (exact) mass is 766 g/mol. The van der Waals surface area contributed by atoms with E-state index in [1.54, 1.807) is 13.2 Å². The highest BCUT2D eigenvalue weighted by Crippen LogP contribution is 2.49. The zero-order chi connectivity index (χ0) is 37.4. The first-order valence-corrected chi connectivity index (χ1v) is 21.8. The first-order valence-electron chi connectivity index (χ1n) is 19.6. The number of carbonyl (C=O) groups is 1. The number of methoxy groups -OCH3 is 2. The Morgan fingerprint density at radius 3 is 2.60 bits per heavy atom. The third kappa shape index (κ3) is 7.92. The SMILES string of the molecule is C=S1(=O)NC(=O)c2ccc3c(c2)N(C[C@@H]2CC[C@H]2[C@](CN2CCN(CCOC)CC2)(OC)/C=C/C[C@H](C)[C@H]1C)C[C@@]1(CCCc2cc(Cl)ccc21)CO3. The minimum absolute atomic E-state index is 0.0286. The molecule has 2 aromatic rings. The van der Waals surface area contributed by atoms with Crippen LogP contribution >= 0.6 is 11.6 Å². The van der Waals surface area contributed by atoms with E-state index in [-0.39, 0.29) is 22.5 Å². The number of halogens is 1. The number of ether oxygens (including phenoxy) is 3. The Hall–Kier alpha value is -2.60. The van der Waals surface area contributed by atoms with Crippen LogP contribution < -0.4 is 14.4 Å². The number of carbonyl (C=O) groups excluding carboxylic acids is 1. The van der Waals surface area contributed by atoms with Gasteiger partial charge >= 0.3 is 0 Å². The number of allylic oxidation sites excluding steroid dienone is 1. The van der Waals surface area contributed by atoms with Crippen molar-refractivity contribution < 1.29 is 23.2 Å². The van der Waals surface area contributed by atoms with E-state index in [2.05, 4.69) is 56.5 Å². The van der Waals surface area contributed by atoms with Gasteiger partial charge in [-0.25, -0.2) is 4.21 Å². The minimum atomic E-state index is -2.96. The molecule has 7 rings (SSSR count). The number of benzene rings is 2. The maximum Gasteiger partial charge on any atom is 0.262 e. The predicted octanol–water partition coefficient (Wildman–Crippen LogP) is 5.83. The zero-order valence-electron chi connectivity index (χ0n) is 32.1. The highest BCUT2D eigenvalue weighted by molar-refractivity contribution is 7.99. The molecule has 290 valence electrons.